The smallest absolute Gasteiger partial charge is 0.255 e. The molecule has 1 amide bonds. The van der Waals surface area contributed by atoms with Crippen molar-refractivity contribution in [3.63, 3.8) is 0 Å². The standard InChI is InChI=1S/C30H24FN9O/c1-17(32-2)16-40(3)25-9-10-34-28-27(25)36-29(37-28)26-22-12-21(23(31)13-24(22)38-39-26)19-11-20(15-33-14-19)35-30(41)18-7-5-4-6-8-18/h4-16H,2H2,1,3H3,(H,35,41)(H,38,39)(H,34,36,37)/b17-16-. The molecule has 0 bridgehead atoms. The van der Waals surface area contributed by atoms with Crippen molar-refractivity contribution in [2.75, 3.05) is 17.3 Å². The summed E-state index contributed by atoms with van der Waals surface area (Å²) in [4.78, 5) is 35.1. The van der Waals surface area contributed by atoms with Gasteiger partial charge in [-0.05, 0) is 44.0 Å². The molecule has 0 aliphatic carbocycles. The molecule has 6 rings (SSSR count). The van der Waals surface area contributed by atoms with Gasteiger partial charge in [-0.25, -0.2) is 14.4 Å². The Labute approximate surface area is 233 Å². The van der Waals surface area contributed by atoms with E-state index in [0.717, 1.165) is 11.4 Å². The topological polar surface area (TPSA) is 128 Å². The summed E-state index contributed by atoms with van der Waals surface area (Å²) in [5, 5.41) is 10.8. The van der Waals surface area contributed by atoms with Crippen molar-refractivity contribution < 1.29 is 9.18 Å². The minimum Gasteiger partial charge on any atom is -0.347 e. The first-order valence-electron chi connectivity index (χ1n) is 12.6. The van der Waals surface area contributed by atoms with Crippen LogP contribution in [0.2, 0.25) is 0 Å². The van der Waals surface area contributed by atoms with E-state index >= 15 is 4.39 Å². The number of pyridine rings is 2. The maximum atomic E-state index is 15.3. The van der Waals surface area contributed by atoms with Crippen molar-refractivity contribution in [3.8, 4) is 22.6 Å². The van der Waals surface area contributed by atoms with Crippen LogP contribution in [0.3, 0.4) is 0 Å². The molecule has 0 unspecified atom stereocenters. The van der Waals surface area contributed by atoms with Gasteiger partial charge >= 0.3 is 0 Å². The summed E-state index contributed by atoms with van der Waals surface area (Å²) in [5.74, 6) is -0.275. The lowest BCUT2D eigenvalue weighted by Crippen LogP contribution is -2.11. The molecule has 11 heteroatoms. The Morgan fingerprint density at radius 2 is 1.98 bits per heavy atom. The fourth-order valence-corrected chi connectivity index (χ4v) is 4.57. The number of aromatic nitrogens is 6. The third-order valence-corrected chi connectivity index (χ3v) is 6.59. The van der Waals surface area contributed by atoms with Crippen molar-refractivity contribution >= 4 is 46.1 Å². The molecule has 3 N–H and O–H groups in total. The van der Waals surface area contributed by atoms with Gasteiger partial charge in [-0.3, -0.25) is 19.9 Å². The summed E-state index contributed by atoms with van der Waals surface area (Å²) < 4.78 is 15.3. The number of imidazole rings is 1. The summed E-state index contributed by atoms with van der Waals surface area (Å²) >= 11 is 0. The number of H-pyrrole nitrogens is 2. The molecule has 0 atom stereocenters. The van der Waals surface area contributed by atoms with Crippen molar-refractivity contribution in [1.82, 2.24) is 30.1 Å². The molecule has 0 fully saturated rings. The second kappa shape index (κ2) is 10.5. The average Bonchev–Trinajstić information content (AvgIpc) is 3.60. The highest BCUT2D eigenvalue weighted by Gasteiger charge is 2.19. The lowest BCUT2D eigenvalue weighted by molar-refractivity contribution is 0.102. The molecule has 0 radical (unpaired) electrons. The molecule has 0 aliphatic rings. The number of hydrogen-bond donors (Lipinski definition) is 3. The molecule has 0 aliphatic heterocycles. The van der Waals surface area contributed by atoms with Crippen LogP contribution in [-0.2, 0) is 0 Å². The van der Waals surface area contributed by atoms with Gasteiger partial charge in [0, 0.05) is 53.8 Å². The molecule has 2 aromatic carbocycles. The van der Waals surface area contributed by atoms with Gasteiger partial charge in [0.05, 0.1) is 28.8 Å². The third-order valence-electron chi connectivity index (χ3n) is 6.59. The summed E-state index contributed by atoms with van der Waals surface area (Å²) in [6, 6.07) is 15.4. The third kappa shape index (κ3) is 4.91. The molecule has 4 heterocycles. The monoisotopic (exact) mass is 545 g/mol. The molecule has 0 saturated heterocycles. The average molecular weight is 546 g/mol. The van der Waals surface area contributed by atoms with Crippen molar-refractivity contribution in [1.29, 1.82) is 0 Å². The van der Waals surface area contributed by atoms with Crippen LogP contribution in [-0.4, -0.2) is 49.8 Å². The molecule has 4 aromatic heterocycles. The number of amides is 1. The number of halogens is 1. The van der Waals surface area contributed by atoms with Gasteiger partial charge in [-0.1, -0.05) is 18.2 Å². The van der Waals surface area contributed by atoms with Crippen LogP contribution in [0.25, 0.3) is 44.7 Å². The zero-order valence-electron chi connectivity index (χ0n) is 22.2. The quantitative estimate of drug-likeness (QED) is 0.213. The first-order chi connectivity index (χ1) is 19.9. The molecule has 41 heavy (non-hydrogen) atoms. The summed E-state index contributed by atoms with van der Waals surface area (Å²) in [6.45, 7) is 5.42. The van der Waals surface area contributed by atoms with Crippen LogP contribution in [0, 0.1) is 5.82 Å². The lowest BCUT2D eigenvalue weighted by Gasteiger charge is -2.14. The molecule has 10 nitrogen and oxygen atoms in total. The molecule has 0 spiro atoms. The number of aromatic amines is 2. The first-order valence-corrected chi connectivity index (χ1v) is 12.6. The van der Waals surface area contributed by atoms with Crippen LogP contribution in [0.5, 0.6) is 0 Å². The minimum absolute atomic E-state index is 0.285. The highest BCUT2D eigenvalue weighted by Crippen LogP contribution is 2.34. The number of rotatable bonds is 7. The fraction of sp³-hybridized carbons (Fsp3) is 0.0667. The van der Waals surface area contributed by atoms with Gasteiger partial charge in [-0.2, -0.15) is 5.10 Å². The Morgan fingerprint density at radius 3 is 2.78 bits per heavy atom. The largest absolute Gasteiger partial charge is 0.347 e. The van der Waals surface area contributed by atoms with Crippen molar-refractivity contribution in [3.05, 3.63) is 96.5 Å². The summed E-state index contributed by atoms with van der Waals surface area (Å²) in [6.07, 6.45) is 6.59. The van der Waals surface area contributed by atoms with Crippen LogP contribution in [0.4, 0.5) is 15.8 Å². The van der Waals surface area contributed by atoms with E-state index < -0.39 is 5.82 Å². The predicted molar refractivity (Wildman–Crippen MR) is 158 cm³/mol. The Balaban J connectivity index is 1.38. The number of hydrogen-bond acceptors (Lipinski definition) is 7. The number of benzene rings is 2. The van der Waals surface area contributed by atoms with Crippen LogP contribution < -0.4 is 10.2 Å². The van der Waals surface area contributed by atoms with Gasteiger partial charge in [0.25, 0.3) is 5.91 Å². The second-order valence-corrected chi connectivity index (χ2v) is 9.38. The zero-order chi connectivity index (χ0) is 28.5. The van der Waals surface area contributed by atoms with E-state index in [-0.39, 0.29) is 5.91 Å². The Hall–Kier alpha value is -5.71. The van der Waals surface area contributed by atoms with Gasteiger partial charge in [0.15, 0.2) is 11.5 Å². The number of fused-ring (bicyclic) bond motifs is 2. The van der Waals surface area contributed by atoms with Crippen LogP contribution in [0.15, 0.2) is 90.1 Å². The summed E-state index contributed by atoms with van der Waals surface area (Å²) in [5.41, 5.74) is 5.54. The van der Waals surface area contributed by atoms with Crippen LogP contribution in [0.1, 0.15) is 17.3 Å². The number of carbonyl (C=O) groups is 1. The predicted octanol–water partition coefficient (Wildman–Crippen LogP) is 5.95. The van der Waals surface area contributed by atoms with E-state index in [2.05, 4.69) is 42.2 Å². The van der Waals surface area contributed by atoms with Crippen LogP contribution >= 0.6 is 0 Å². The fourth-order valence-electron chi connectivity index (χ4n) is 4.57. The SMILES string of the molecule is C=N/C(C)=C\N(C)c1ccnc2[nH]c(-c3n[nH]c4cc(F)c(-c5cncc(NC(=O)c6ccccc6)c5)cc34)nc12. The minimum atomic E-state index is -0.464. The Kier molecular flexibility index (Phi) is 6.52. The highest BCUT2D eigenvalue weighted by molar-refractivity contribution is 6.04. The maximum Gasteiger partial charge on any atom is 0.255 e. The van der Waals surface area contributed by atoms with Gasteiger partial charge in [-0.15, -0.1) is 0 Å². The first kappa shape index (κ1) is 25.6. The maximum absolute atomic E-state index is 15.3. The number of nitrogens with one attached hydrogen (secondary N) is 3. The number of carbonyl (C=O) groups excluding carboxylic acids is 1. The number of aliphatic imine (C=N–C) groups is 1. The van der Waals surface area contributed by atoms with E-state index in [9.17, 15) is 4.79 Å². The van der Waals surface area contributed by atoms with Gasteiger partial charge in [0.1, 0.15) is 17.0 Å². The Bertz CT molecular complexity index is 1960. The molecule has 6 aromatic rings. The zero-order valence-corrected chi connectivity index (χ0v) is 22.2. The normalized spacial score (nSPS) is 11.6. The van der Waals surface area contributed by atoms with Gasteiger partial charge < -0.3 is 15.2 Å². The van der Waals surface area contributed by atoms with E-state index in [4.69, 9.17) is 4.98 Å². The van der Waals surface area contributed by atoms with Crippen molar-refractivity contribution in [2.45, 2.75) is 6.92 Å². The van der Waals surface area contributed by atoms with E-state index in [1.54, 1.807) is 48.8 Å². The second-order valence-electron chi connectivity index (χ2n) is 9.38. The van der Waals surface area contributed by atoms with E-state index in [1.165, 1.54) is 12.3 Å². The summed E-state index contributed by atoms with van der Waals surface area (Å²) in [7, 11) is 1.89. The highest BCUT2D eigenvalue weighted by atomic mass is 19.1. The number of nitrogens with zero attached hydrogens (tertiary/aromatic N) is 6. The number of allylic oxidation sites excluding steroid dienone is 1. The number of anilines is 2. The molecular formula is C30H24FN9O. The molecular weight excluding hydrogens is 521 g/mol. The molecule has 202 valence electrons. The molecule has 0 saturated carbocycles. The lowest BCUT2D eigenvalue weighted by atomic mass is 10.0. The van der Waals surface area contributed by atoms with E-state index in [0.29, 0.717) is 56.0 Å². The van der Waals surface area contributed by atoms with E-state index in [1.807, 2.05) is 37.2 Å². The van der Waals surface area contributed by atoms with Crippen molar-refractivity contribution in [2.24, 2.45) is 4.99 Å². The Morgan fingerprint density at radius 1 is 1.15 bits per heavy atom. The van der Waals surface area contributed by atoms with Gasteiger partial charge in [0.2, 0.25) is 0 Å².